The molecule has 0 aliphatic heterocycles. The molecule has 19 heavy (non-hydrogen) atoms. The van der Waals surface area contributed by atoms with Crippen molar-refractivity contribution in [3.05, 3.63) is 11.8 Å². The highest BCUT2D eigenvalue weighted by Crippen LogP contribution is 2.11. The number of rotatable bonds is 6. The van der Waals surface area contributed by atoms with Gasteiger partial charge in [-0.15, -0.1) is 0 Å². The van der Waals surface area contributed by atoms with E-state index in [1.807, 2.05) is 13.8 Å². The topological polar surface area (TPSA) is 82.2 Å². The minimum Gasteiger partial charge on any atom is -0.368 e. The molecule has 0 aliphatic rings. The van der Waals surface area contributed by atoms with Gasteiger partial charge in [-0.1, -0.05) is 0 Å². The molecule has 7 nitrogen and oxygen atoms in total. The van der Waals surface area contributed by atoms with Crippen LogP contribution >= 0.6 is 0 Å². The second kappa shape index (κ2) is 7.40. The average Bonchev–Trinajstić information content (AvgIpc) is 2.38. The van der Waals surface area contributed by atoms with Crippen LogP contribution in [-0.4, -0.2) is 54.6 Å². The Bertz CT molecular complexity index is 421. The van der Waals surface area contributed by atoms with E-state index >= 15 is 0 Å². The van der Waals surface area contributed by atoms with Crippen LogP contribution in [0.25, 0.3) is 0 Å². The van der Waals surface area contributed by atoms with Gasteiger partial charge in [0.15, 0.2) is 0 Å². The van der Waals surface area contributed by atoms with Crippen molar-refractivity contribution in [1.82, 2.24) is 20.2 Å². The van der Waals surface area contributed by atoms with Crippen LogP contribution in [0.15, 0.2) is 6.20 Å². The summed E-state index contributed by atoms with van der Waals surface area (Å²) in [4.78, 5) is 21.3. The summed E-state index contributed by atoms with van der Waals surface area (Å²) in [6, 6.07) is -0.102. The highest BCUT2D eigenvalue weighted by atomic mass is 16.2. The first-order chi connectivity index (χ1) is 9.04. The van der Waals surface area contributed by atoms with Gasteiger partial charge in [-0.05, 0) is 13.8 Å². The summed E-state index contributed by atoms with van der Waals surface area (Å²) in [5.41, 5.74) is 0.973. The maximum absolute atomic E-state index is 11.3. The number of nitrogens with zero attached hydrogens (tertiary/aromatic N) is 3. The largest absolute Gasteiger partial charge is 0.368 e. The fourth-order valence-corrected chi connectivity index (χ4v) is 1.37. The first-order valence-corrected chi connectivity index (χ1v) is 6.31. The second-order valence-corrected chi connectivity index (χ2v) is 4.31. The van der Waals surface area contributed by atoms with E-state index in [0.717, 1.165) is 17.9 Å². The van der Waals surface area contributed by atoms with Crippen molar-refractivity contribution in [3.63, 3.8) is 0 Å². The smallest absolute Gasteiger partial charge is 0.316 e. The van der Waals surface area contributed by atoms with Gasteiger partial charge in [0, 0.05) is 45.5 Å². The maximum Gasteiger partial charge on any atom is 0.316 e. The molecule has 0 fully saturated rings. The lowest BCUT2D eigenvalue weighted by atomic mass is 10.3. The van der Waals surface area contributed by atoms with E-state index in [0.29, 0.717) is 19.0 Å². The molecule has 106 valence electrons. The lowest BCUT2D eigenvalue weighted by Crippen LogP contribution is -2.37. The molecule has 1 aromatic rings. The van der Waals surface area contributed by atoms with Gasteiger partial charge in [0.2, 0.25) is 5.95 Å². The van der Waals surface area contributed by atoms with E-state index in [2.05, 4.69) is 25.9 Å². The van der Waals surface area contributed by atoms with Gasteiger partial charge in [0.25, 0.3) is 0 Å². The number of hydrogen-bond acceptors (Lipinski definition) is 5. The lowest BCUT2D eigenvalue weighted by Gasteiger charge is -2.13. The summed E-state index contributed by atoms with van der Waals surface area (Å²) in [5.74, 6) is 1.39. The Morgan fingerprint density at radius 1 is 1.32 bits per heavy atom. The van der Waals surface area contributed by atoms with Crippen molar-refractivity contribution in [3.8, 4) is 0 Å². The molecule has 7 heteroatoms. The van der Waals surface area contributed by atoms with E-state index in [4.69, 9.17) is 0 Å². The molecule has 1 heterocycles. The first kappa shape index (κ1) is 15.0. The fraction of sp³-hybridized carbons (Fsp3) is 0.583. The molecule has 0 saturated heterocycles. The van der Waals surface area contributed by atoms with Crippen LogP contribution in [0.5, 0.6) is 0 Å². The van der Waals surface area contributed by atoms with E-state index in [-0.39, 0.29) is 6.03 Å². The van der Waals surface area contributed by atoms with Gasteiger partial charge in [-0.3, -0.25) is 0 Å². The number of nitrogens with one attached hydrogen (secondary N) is 3. The molecule has 1 aromatic heterocycles. The zero-order chi connectivity index (χ0) is 14.3. The molecule has 0 aliphatic carbocycles. The van der Waals surface area contributed by atoms with E-state index in [1.54, 1.807) is 20.3 Å². The molecule has 1 rings (SSSR count). The molecule has 3 N–H and O–H groups in total. The van der Waals surface area contributed by atoms with Crippen LogP contribution in [0.1, 0.15) is 12.5 Å². The zero-order valence-corrected chi connectivity index (χ0v) is 11.9. The van der Waals surface area contributed by atoms with Crippen LogP contribution in [0.2, 0.25) is 0 Å². The minimum absolute atomic E-state index is 0.102. The third-order valence-corrected chi connectivity index (χ3v) is 2.41. The number of urea groups is 1. The van der Waals surface area contributed by atoms with Gasteiger partial charge in [0.05, 0.1) is 0 Å². The normalized spacial score (nSPS) is 9.89. The third kappa shape index (κ3) is 4.99. The van der Waals surface area contributed by atoms with Crippen molar-refractivity contribution in [2.75, 3.05) is 44.4 Å². The Hall–Kier alpha value is -2.05. The standard InChI is InChI=1S/C12H22N6O/c1-5-13-11-16-8-9(2)10(17-11)14-6-7-15-12(19)18(3)4/h8H,5-7H2,1-4H3,(H,15,19)(H2,13,14,16,17). The molecular weight excluding hydrogens is 244 g/mol. The maximum atomic E-state index is 11.3. The zero-order valence-electron chi connectivity index (χ0n) is 11.9. The molecule has 0 spiro atoms. The molecule has 2 amide bonds. The number of carbonyl (C=O) groups is 1. The van der Waals surface area contributed by atoms with Crippen LogP contribution in [0.4, 0.5) is 16.6 Å². The Kier molecular flexibility index (Phi) is 5.84. The predicted molar refractivity (Wildman–Crippen MR) is 76.5 cm³/mol. The molecule has 0 unspecified atom stereocenters. The summed E-state index contributed by atoms with van der Waals surface area (Å²) in [6.07, 6.45) is 1.77. The minimum atomic E-state index is -0.102. The van der Waals surface area contributed by atoms with Crippen LogP contribution < -0.4 is 16.0 Å². The Labute approximate surface area is 113 Å². The monoisotopic (exact) mass is 266 g/mol. The number of hydrogen-bond donors (Lipinski definition) is 3. The van der Waals surface area contributed by atoms with Gasteiger partial charge >= 0.3 is 6.03 Å². The summed E-state index contributed by atoms with van der Waals surface area (Å²) in [7, 11) is 3.42. The second-order valence-electron chi connectivity index (χ2n) is 4.31. The third-order valence-electron chi connectivity index (χ3n) is 2.41. The number of aryl methyl sites for hydroxylation is 1. The summed E-state index contributed by atoms with van der Waals surface area (Å²) in [5, 5.41) is 9.02. The summed E-state index contributed by atoms with van der Waals surface area (Å²) >= 11 is 0. The van der Waals surface area contributed by atoms with E-state index in [9.17, 15) is 4.79 Å². The Morgan fingerprint density at radius 2 is 2.05 bits per heavy atom. The fourth-order valence-electron chi connectivity index (χ4n) is 1.37. The summed E-state index contributed by atoms with van der Waals surface area (Å²) in [6.45, 7) is 5.87. The van der Waals surface area contributed by atoms with Crippen molar-refractivity contribution < 1.29 is 4.79 Å². The van der Waals surface area contributed by atoms with Crippen molar-refractivity contribution in [1.29, 1.82) is 0 Å². The Balaban J connectivity index is 2.44. The number of carbonyl (C=O) groups excluding carboxylic acids is 1. The van der Waals surface area contributed by atoms with Gasteiger partial charge in [-0.2, -0.15) is 4.98 Å². The molecular formula is C12H22N6O. The highest BCUT2D eigenvalue weighted by Gasteiger charge is 2.04. The molecule has 0 atom stereocenters. The number of aromatic nitrogens is 2. The predicted octanol–water partition coefficient (Wildman–Crippen LogP) is 0.900. The SMILES string of the molecule is CCNc1ncc(C)c(NCCNC(=O)N(C)C)n1. The Morgan fingerprint density at radius 3 is 2.68 bits per heavy atom. The quantitative estimate of drug-likeness (QED) is 0.666. The molecule has 0 saturated carbocycles. The van der Waals surface area contributed by atoms with Crippen molar-refractivity contribution in [2.45, 2.75) is 13.8 Å². The molecule has 0 bridgehead atoms. The average molecular weight is 266 g/mol. The number of anilines is 2. The first-order valence-electron chi connectivity index (χ1n) is 6.31. The molecule has 0 aromatic carbocycles. The number of amides is 2. The lowest BCUT2D eigenvalue weighted by molar-refractivity contribution is 0.218. The van der Waals surface area contributed by atoms with Crippen molar-refractivity contribution >= 4 is 17.8 Å². The van der Waals surface area contributed by atoms with Gasteiger partial charge in [0.1, 0.15) is 5.82 Å². The summed E-state index contributed by atoms with van der Waals surface area (Å²) < 4.78 is 0. The molecule has 0 radical (unpaired) electrons. The highest BCUT2D eigenvalue weighted by molar-refractivity contribution is 5.73. The van der Waals surface area contributed by atoms with Crippen LogP contribution in [0, 0.1) is 6.92 Å². The van der Waals surface area contributed by atoms with Crippen molar-refractivity contribution in [2.24, 2.45) is 0 Å². The van der Waals surface area contributed by atoms with E-state index in [1.165, 1.54) is 4.90 Å². The van der Waals surface area contributed by atoms with Crippen LogP contribution in [-0.2, 0) is 0 Å². The van der Waals surface area contributed by atoms with Gasteiger partial charge < -0.3 is 20.9 Å². The van der Waals surface area contributed by atoms with Crippen LogP contribution in [0.3, 0.4) is 0 Å². The van der Waals surface area contributed by atoms with E-state index < -0.39 is 0 Å². The van der Waals surface area contributed by atoms with Gasteiger partial charge in [-0.25, -0.2) is 9.78 Å².